The quantitative estimate of drug-likeness (QED) is 0.103. The van der Waals surface area contributed by atoms with Gasteiger partial charge in [-0.25, -0.2) is 9.59 Å². The number of imide groups is 1. The van der Waals surface area contributed by atoms with Gasteiger partial charge in [-0.3, -0.25) is 14.1 Å². The van der Waals surface area contributed by atoms with Crippen LogP contribution in [0.3, 0.4) is 0 Å². The maximum atomic E-state index is 13.0. The summed E-state index contributed by atoms with van der Waals surface area (Å²) in [5.74, 6) is -1.67. The van der Waals surface area contributed by atoms with Crippen LogP contribution < -0.4 is 10.5 Å². The van der Waals surface area contributed by atoms with Gasteiger partial charge in [0, 0.05) is 61.5 Å². The minimum absolute atomic E-state index is 0.0383. The average Bonchev–Trinajstić information content (AvgIpc) is 3.52. The molecule has 1 aromatic carbocycles. The van der Waals surface area contributed by atoms with E-state index in [0.29, 0.717) is 73.1 Å². The van der Waals surface area contributed by atoms with Gasteiger partial charge in [0.25, 0.3) is 21.9 Å². The van der Waals surface area contributed by atoms with E-state index in [-0.39, 0.29) is 34.6 Å². The lowest BCUT2D eigenvalue weighted by atomic mass is 10.1. The number of methoxy groups -OCH3 is 1. The van der Waals surface area contributed by atoms with Gasteiger partial charge in [-0.05, 0) is 44.0 Å². The van der Waals surface area contributed by atoms with E-state index in [1.807, 2.05) is 6.07 Å². The highest BCUT2D eigenvalue weighted by Crippen LogP contribution is 2.35. The van der Waals surface area contributed by atoms with Crippen LogP contribution in [0.4, 0.5) is 5.69 Å². The summed E-state index contributed by atoms with van der Waals surface area (Å²) < 4.78 is 49.7. The van der Waals surface area contributed by atoms with Crippen molar-refractivity contribution in [3.05, 3.63) is 45.6 Å². The number of hydrogen-bond acceptors (Lipinski definition) is 12. The van der Waals surface area contributed by atoms with Crippen molar-refractivity contribution in [1.29, 1.82) is 0 Å². The lowest BCUT2D eigenvalue weighted by molar-refractivity contribution is -0.197. The first-order valence-corrected chi connectivity index (χ1v) is 16.3. The van der Waals surface area contributed by atoms with Crippen molar-refractivity contribution < 1.29 is 46.1 Å². The number of aryl methyl sites for hydroxylation is 1. The fourth-order valence-corrected chi connectivity index (χ4v) is 6.76. The van der Waals surface area contributed by atoms with Gasteiger partial charge in [0.2, 0.25) is 0 Å². The van der Waals surface area contributed by atoms with E-state index < -0.39 is 33.5 Å². The van der Waals surface area contributed by atoms with Crippen molar-refractivity contribution in [2.24, 2.45) is 0 Å². The number of hydrogen-bond donors (Lipinski definition) is 1. The molecule has 1 aliphatic heterocycles. The van der Waals surface area contributed by atoms with Gasteiger partial charge in [0.1, 0.15) is 10.5 Å². The molecule has 44 heavy (non-hydrogen) atoms. The zero-order valence-electron chi connectivity index (χ0n) is 24.4. The minimum atomic E-state index is -4.54. The third-order valence-electron chi connectivity index (χ3n) is 6.87. The summed E-state index contributed by atoms with van der Waals surface area (Å²) in [4.78, 5) is 55.7. The number of hydroxylamine groups is 2. The first-order chi connectivity index (χ1) is 21.0. The highest BCUT2D eigenvalue weighted by atomic mass is 32.2. The Kier molecular flexibility index (Phi) is 11.3. The van der Waals surface area contributed by atoms with Crippen LogP contribution in [0.5, 0.6) is 0 Å². The highest BCUT2D eigenvalue weighted by molar-refractivity contribution is 7.86. The summed E-state index contributed by atoms with van der Waals surface area (Å²) >= 11 is 1.07. The van der Waals surface area contributed by atoms with Crippen LogP contribution in [0, 0.1) is 6.92 Å². The molecule has 0 saturated carbocycles. The Morgan fingerprint density at radius 3 is 2.48 bits per heavy atom. The average molecular weight is 651 g/mol. The molecule has 2 aromatic heterocycles. The molecule has 1 aliphatic rings. The molecule has 0 aliphatic carbocycles. The molecular weight excluding hydrogens is 616 g/mol. The lowest BCUT2D eigenvalue weighted by Crippen LogP contribution is -2.32. The van der Waals surface area contributed by atoms with E-state index >= 15 is 0 Å². The van der Waals surface area contributed by atoms with Crippen LogP contribution in [0.2, 0.25) is 0 Å². The van der Waals surface area contributed by atoms with Crippen molar-refractivity contribution in [3.8, 4) is 10.4 Å². The molecule has 238 valence electrons. The molecule has 0 radical (unpaired) electrons. The zero-order valence-corrected chi connectivity index (χ0v) is 26.0. The predicted molar refractivity (Wildman–Crippen MR) is 161 cm³/mol. The largest absolute Gasteiger partial charge is 0.422 e. The molecule has 2 amide bonds. The van der Waals surface area contributed by atoms with Gasteiger partial charge in [-0.1, -0.05) is 6.42 Å². The maximum absolute atomic E-state index is 13.0. The second kappa shape index (κ2) is 14.9. The summed E-state index contributed by atoms with van der Waals surface area (Å²) in [5.41, 5.74) is 0.369. The smallest absolute Gasteiger partial charge is 0.345 e. The van der Waals surface area contributed by atoms with Crippen molar-refractivity contribution in [3.63, 3.8) is 0 Å². The van der Waals surface area contributed by atoms with Crippen LogP contribution in [0.25, 0.3) is 21.4 Å². The number of thiophene rings is 1. The van der Waals surface area contributed by atoms with Crippen molar-refractivity contribution in [2.75, 3.05) is 44.9 Å². The van der Waals surface area contributed by atoms with Crippen LogP contribution in [0.15, 0.2) is 44.4 Å². The minimum Gasteiger partial charge on any atom is -0.422 e. The molecule has 1 N–H and O–H groups in total. The summed E-state index contributed by atoms with van der Waals surface area (Å²) in [6.07, 6.45) is 2.00. The van der Waals surface area contributed by atoms with Gasteiger partial charge in [-0.15, -0.1) is 16.4 Å². The fraction of sp³-hybridized carbons (Fsp3) is 0.448. The summed E-state index contributed by atoms with van der Waals surface area (Å²) in [7, 11) is -2.96. The molecular formula is C29H34N2O11S2. The van der Waals surface area contributed by atoms with Gasteiger partial charge < -0.3 is 23.6 Å². The second-order valence-corrected chi connectivity index (χ2v) is 12.8. The number of carbonyl (C=O) groups excluding carboxylic acids is 3. The Hall–Kier alpha value is -3.63. The topological polar surface area (TPSA) is 170 Å². The van der Waals surface area contributed by atoms with Gasteiger partial charge >= 0.3 is 11.6 Å². The standard InChI is InChI=1S/C29H34N2O11S2/c1-19-16-24(44(36,37)38)28(43-19)22-17-20-7-8-21(18-23(20)41-29(22)35)30(12-13-40-15-14-39-2)11-5-3-4-6-27(34)42-31-25(32)9-10-26(31)33/h7-8,16-18H,3-6,9-15H2,1-2H3,(H,36,37,38). The number of fused-ring (bicyclic) bond motifs is 1. The normalized spacial score (nSPS) is 13.7. The molecule has 3 heterocycles. The molecule has 15 heteroatoms. The van der Waals surface area contributed by atoms with Crippen molar-refractivity contribution in [2.45, 2.75) is 50.3 Å². The Morgan fingerprint density at radius 1 is 1.02 bits per heavy atom. The number of unbranched alkanes of at least 4 members (excludes halogenated alkanes) is 2. The number of amides is 2. The Balaban J connectivity index is 1.44. The molecule has 3 aromatic rings. The van der Waals surface area contributed by atoms with E-state index in [4.69, 9.17) is 18.7 Å². The number of benzene rings is 1. The first kappa shape index (κ1) is 33.3. The maximum Gasteiger partial charge on any atom is 0.345 e. The third-order valence-corrected chi connectivity index (χ3v) is 8.96. The molecule has 13 nitrogen and oxygen atoms in total. The number of anilines is 1. The van der Waals surface area contributed by atoms with Crippen LogP contribution in [-0.4, -0.2) is 75.8 Å². The Bertz CT molecular complexity index is 1660. The van der Waals surface area contributed by atoms with E-state index in [2.05, 4.69) is 4.90 Å². The molecule has 0 bridgehead atoms. The van der Waals surface area contributed by atoms with E-state index in [1.54, 1.807) is 32.2 Å². The fourth-order valence-electron chi connectivity index (χ4n) is 4.67. The second-order valence-electron chi connectivity index (χ2n) is 10.1. The number of ether oxygens (including phenoxy) is 2. The summed E-state index contributed by atoms with van der Waals surface area (Å²) in [6, 6.07) is 8.20. The Labute approximate surface area is 258 Å². The van der Waals surface area contributed by atoms with Crippen LogP contribution in [0.1, 0.15) is 43.4 Å². The zero-order chi connectivity index (χ0) is 31.9. The van der Waals surface area contributed by atoms with Gasteiger partial charge in [0.15, 0.2) is 0 Å². The SMILES string of the molecule is COCCOCCN(CCCCCC(=O)ON1C(=O)CCC1=O)c1ccc2cc(-c3sc(C)cc3S(=O)(=O)O)c(=O)oc2c1. The van der Waals surface area contributed by atoms with E-state index in [0.717, 1.165) is 17.0 Å². The number of carbonyl (C=O) groups is 3. The first-order valence-electron chi connectivity index (χ1n) is 14.0. The highest BCUT2D eigenvalue weighted by Gasteiger charge is 2.32. The molecule has 1 saturated heterocycles. The van der Waals surface area contributed by atoms with Crippen LogP contribution >= 0.6 is 11.3 Å². The molecule has 0 unspecified atom stereocenters. The Morgan fingerprint density at radius 2 is 1.77 bits per heavy atom. The molecule has 1 fully saturated rings. The summed E-state index contributed by atoms with van der Waals surface area (Å²) in [5, 5.41) is 1.12. The van der Waals surface area contributed by atoms with Crippen LogP contribution in [-0.2, 0) is 38.8 Å². The monoisotopic (exact) mass is 650 g/mol. The lowest BCUT2D eigenvalue weighted by Gasteiger charge is -2.25. The molecule has 4 rings (SSSR count). The van der Waals surface area contributed by atoms with E-state index in [9.17, 15) is 32.1 Å². The predicted octanol–water partition coefficient (Wildman–Crippen LogP) is 3.71. The van der Waals surface area contributed by atoms with Crippen molar-refractivity contribution in [1.82, 2.24) is 5.06 Å². The van der Waals surface area contributed by atoms with Gasteiger partial charge in [-0.2, -0.15) is 8.42 Å². The number of rotatable bonds is 16. The molecule has 0 spiro atoms. The summed E-state index contributed by atoms with van der Waals surface area (Å²) in [6.45, 7) is 4.08. The third kappa shape index (κ3) is 8.51. The van der Waals surface area contributed by atoms with Crippen molar-refractivity contribution >= 4 is 55.9 Å². The molecule has 0 atom stereocenters. The van der Waals surface area contributed by atoms with Gasteiger partial charge in [0.05, 0.1) is 30.3 Å². The van der Waals surface area contributed by atoms with E-state index in [1.165, 1.54) is 6.07 Å². The number of nitrogens with zero attached hydrogens (tertiary/aromatic N) is 2.